The maximum absolute atomic E-state index is 15.4. The third-order valence-electron chi connectivity index (χ3n) is 5.40. The summed E-state index contributed by atoms with van der Waals surface area (Å²) in [5, 5.41) is 30.5. The Morgan fingerprint density at radius 2 is 1.91 bits per heavy atom. The molecule has 2 rings (SSSR count). The van der Waals surface area contributed by atoms with Crippen LogP contribution in [0.15, 0.2) is 60.4 Å². The molecule has 1 unspecified atom stereocenters. The van der Waals surface area contributed by atoms with E-state index in [-0.39, 0.29) is 30.6 Å². The normalized spacial score (nSPS) is 24.7. The van der Waals surface area contributed by atoms with E-state index in [1.807, 2.05) is 6.92 Å². The highest BCUT2D eigenvalue weighted by molar-refractivity contribution is 5.78. The van der Waals surface area contributed by atoms with Crippen LogP contribution in [0.25, 0.3) is 0 Å². The molecule has 7 heteroatoms. The number of hydrogen-bond acceptors (Lipinski definition) is 6. The lowest BCUT2D eigenvalue weighted by Gasteiger charge is -2.23. The van der Waals surface area contributed by atoms with Gasteiger partial charge in [0, 0.05) is 12.3 Å². The van der Waals surface area contributed by atoms with Crippen LogP contribution < -0.4 is 4.74 Å². The van der Waals surface area contributed by atoms with E-state index in [1.165, 1.54) is 6.08 Å². The number of aliphatic hydroxyl groups is 3. The van der Waals surface area contributed by atoms with Crippen LogP contribution in [0.4, 0.5) is 4.39 Å². The summed E-state index contributed by atoms with van der Waals surface area (Å²) < 4.78 is 25.7. The second-order valence-corrected chi connectivity index (χ2v) is 8.92. The largest absolute Gasteiger partial charge is 0.461 e. The number of alkyl halides is 1. The van der Waals surface area contributed by atoms with E-state index < -0.39 is 36.1 Å². The zero-order valence-electron chi connectivity index (χ0n) is 19.5. The van der Waals surface area contributed by atoms with Crippen LogP contribution in [0.5, 0.6) is 5.75 Å². The van der Waals surface area contributed by atoms with Gasteiger partial charge in [0.05, 0.1) is 30.8 Å². The number of ether oxygens (including phenoxy) is 2. The van der Waals surface area contributed by atoms with Crippen LogP contribution in [0, 0.1) is 11.8 Å². The molecule has 0 bridgehead atoms. The molecule has 1 fully saturated rings. The number of carbonyl (C=O) groups is 1. The molecule has 1 aliphatic carbocycles. The van der Waals surface area contributed by atoms with Crippen molar-refractivity contribution in [3.63, 3.8) is 0 Å². The van der Waals surface area contributed by atoms with Gasteiger partial charge in [0.1, 0.15) is 5.75 Å². The molecule has 0 heterocycles. The lowest BCUT2D eigenvalue weighted by atomic mass is 9.89. The van der Waals surface area contributed by atoms with Gasteiger partial charge in [-0.1, -0.05) is 37.3 Å². The molecular formula is C26H35FO6. The first-order chi connectivity index (χ1) is 15.6. The fourth-order valence-corrected chi connectivity index (χ4v) is 3.68. The summed E-state index contributed by atoms with van der Waals surface area (Å²) in [4.78, 5) is 12.3. The lowest BCUT2D eigenvalue weighted by molar-refractivity contribution is -0.180. The van der Waals surface area contributed by atoms with Gasteiger partial charge in [-0.25, -0.2) is 4.79 Å². The first kappa shape index (κ1) is 26.8. The first-order valence-electron chi connectivity index (χ1n) is 11.3. The van der Waals surface area contributed by atoms with E-state index >= 15 is 4.39 Å². The van der Waals surface area contributed by atoms with Crippen molar-refractivity contribution < 1.29 is 34.0 Å². The first-order valence-corrected chi connectivity index (χ1v) is 11.3. The Bertz CT molecular complexity index is 840. The van der Waals surface area contributed by atoms with Gasteiger partial charge in [0.2, 0.25) is 0 Å². The van der Waals surface area contributed by atoms with Gasteiger partial charge in [-0.05, 0) is 56.9 Å². The molecule has 0 aromatic heterocycles. The highest BCUT2D eigenvalue weighted by Crippen LogP contribution is 2.36. The number of halogens is 1. The molecule has 0 radical (unpaired) electrons. The van der Waals surface area contributed by atoms with E-state index in [2.05, 4.69) is 5.73 Å². The molecule has 1 aromatic carbocycles. The second-order valence-electron chi connectivity index (χ2n) is 8.92. The Labute approximate surface area is 195 Å². The summed E-state index contributed by atoms with van der Waals surface area (Å²) in [6, 6.07) is 8.20. The molecule has 6 nitrogen and oxygen atoms in total. The number of hydrogen-bond donors (Lipinski definition) is 3. The molecule has 0 aliphatic heterocycles. The third kappa shape index (κ3) is 8.45. The van der Waals surface area contributed by atoms with Crippen molar-refractivity contribution in [1.29, 1.82) is 0 Å². The molecular weight excluding hydrogens is 427 g/mol. The van der Waals surface area contributed by atoms with Gasteiger partial charge in [-0.2, -0.15) is 4.39 Å². The molecule has 1 saturated carbocycles. The number of para-hydroxylation sites is 1. The minimum atomic E-state index is -2.70. The minimum absolute atomic E-state index is 0.0870. The maximum atomic E-state index is 15.4. The number of carbonyl (C=O) groups excluding carboxylic acids is 1. The summed E-state index contributed by atoms with van der Waals surface area (Å²) in [5.74, 6) is -4.19. The lowest BCUT2D eigenvalue weighted by Crippen LogP contribution is -2.41. The molecule has 1 aliphatic rings. The Balaban J connectivity index is 2.08. The van der Waals surface area contributed by atoms with Crippen molar-refractivity contribution in [2.24, 2.45) is 11.8 Å². The Morgan fingerprint density at radius 1 is 1.21 bits per heavy atom. The van der Waals surface area contributed by atoms with E-state index in [0.717, 1.165) is 0 Å². The maximum Gasteiger partial charge on any atom is 0.384 e. The topological polar surface area (TPSA) is 96.2 Å². The molecule has 0 amide bonds. The summed E-state index contributed by atoms with van der Waals surface area (Å²) in [6.45, 7) is 5.16. The monoisotopic (exact) mass is 462 g/mol. The molecule has 3 N–H and O–H groups in total. The van der Waals surface area contributed by atoms with Crippen LogP contribution in [0.3, 0.4) is 0 Å². The van der Waals surface area contributed by atoms with Crippen LogP contribution in [0.1, 0.15) is 46.5 Å². The number of esters is 1. The van der Waals surface area contributed by atoms with Crippen molar-refractivity contribution in [3.05, 3.63) is 60.4 Å². The van der Waals surface area contributed by atoms with Crippen LogP contribution in [-0.2, 0) is 9.53 Å². The third-order valence-corrected chi connectivity index (χ3v) is 5.40. The molecule has 33 heavy (non-hydrogen) atoms. The average molecular weight is 463 g/mol. The molecule has 0 saturated heterocycles. The van der Waals surface area contributed by atoms with Gasteiger partial charge < -0.3 is 24.8 Å². The standard InChI is InChI=1S/C26H35FO6/c1-4-17-32-24(30)26(27,33-19-11-7-5-8-12-19)15-10-6-9-13-20-21(14-16-25(2,3)31)23(29)18-22(20)28/h5,7-12,14,16,20-23,28-29,31H,4,13,15,17-18H2,1-3H3/t6?,20-,21-,22+,23-,26?/m1/s1/i28+0,29+0,31+0. The minimum Gasteiger partial charge on any atom is -0.461 e. The van der Waals surface area contributed by atoms with Crippen molar-refractivity contribution in [3.8, 4) is 5.75 Å². The zero-order valence-corrected chi connectivity index (χ0v) is 19.5. The Kier molecular flexibility index (Phi) is 9.87. The van der Waals surface area contributed by atoms with Gasteiger partial charge >= 0.3 is 11.8 Å². The molecule has 5 atom stereocenters. The molecule has 1 aromatic rings. The highest BCUT2D eigenvalue weighted by atomic mass is 19.2. The van der Waals surface area contributed by atoms with E-state index in [1.54, 1.807) is 62.4 Å². The molecule has 0 spiro atoms. The summed E-state index contributed by atoms with van der Waals surface area (Å²) in [5.41, 5.74) is 1.82. The highest BCUT2D eigenvalue weighted by Gasteiger charge is 2.42. The van der Waals surface area contributed by atoms with Gasteiger partial charge in [-0.3, -0.25) is 0 Å². The SMILES string of the molecule is CCCOC(=O)C(F)(CC=C=CC[C@@H]1[C@@H](C=CC(C)(C)[16OH])[C@H]([16OH])C[C@@H]1[16OH])Oc1ccccc1. The Morgan fingerprint density at radius 3 is 2.55 bits per heavy atom. The zero-order chi connectivity index (χ0) is 24.5. The predicted molar refractivity (Wildman–Crippen MR) is 123 cm³/mol. The quantitative estimate of drug-likeness (QED) is 0.263. The van der Waals surface area contributed by atoms with Crippen molar-refractivity contribution >= 4 is 5.97 Å². The van der Waals surface area contributed by atoms with E-state index in [0.29, 0.717) is 12.8 Å². The van der Waals surface area contributed by atoms with Gasteiger partial charge in [-0.15, -0.1) is 5.73 Å². The average Bonchev–Trinajstić information content (AvgIpc) is 3.02. The number of aliphatic hydroxyl groups excluding tert-OH is 2. The molecule has 182 valence electrons. The van der Waals surface area contributed by atoms with Gasteiger partial charge in [0.15, 0.2) is 0 Å². The Hall–Kier alpha value is -2.44. The summed E-state index contributed by atoms with van der Waals surface area (Å²) in [7, 11) is 0. The smallest absolute Gasteiger partial charge is 0.384 e. The van der Waals surface area contributed by atoms with Crippen LogP contribution in [-0.4, -0.2) is 51.6 Å². The number of benzene rings is 1. The van der Waals surface area contributed by atoms with Crippen LogP contribution in [0.2, 0.25) is 0 Å². The van der Waals surface area contributed by atoms with Crippen LogP contribution >= 0.6 is 0 Å². The fourth-order valence-electron chi connectivity index (χ4n) is 3.68. The van der Waals surface area contributed by atoms with E-state index in [4.69, 9.17) is 9.47 Å². The predicted octanol–water partition coefficient (Wildman–Crippen LogP) is 3.86. The number of rotatable bonds is 11. The summed E-state index contributed by atoms with van der Waals surface area (Å²) in [6.07, 6.45) is 5.68. The van der Waals surface area contributed by atoms with Crippen molar-refractivity contribution in [1.82, 2.24) is 0 Å². The second kappa shape index (κ2) is 12.1. The summed E-state index contributed by atoms with van der Waals surface area (Å²) >= 11 is 0. The fraction of sp³-hybridized carbons (Fsp3) is 0.538. The van der Waals surface area contributed by atoms with Crippen molar-refractivity contribution in [2.75, 3.05) is 6.61 Å². The van der Waals surface area contributed by atoms with Crippen molar-refractivity contribution in [2.45, 2.75) is 70.1 Å². The van der Waals surface area contributed by atoms with E-state index in [9.17, 15) is 20.1 Å². The van der Waals surface area contributed by atoms with Gasteiger partial charge in [0.25, 0.3) is 0 Å².